The number of anilines is 1. The zero-order chi connectivity index (χ0) is 32.1. The topological polar surface area (TPSA) is 85.9 Å². The number of nitrogens with zero attached hydrogens (tertiary/aromatic N) is 1. The van der Waals surface area contributed by atoms with E-state index in [1.165, 1.54) is 5.57 Å². The zero-order valence-electron chi connectivity index (χ0n) is 26.9. The van der Waals surface area contributed by atoms with Gasteiger partial charge < -0.3 is 24.2 Å². The molecule has 2 aromatic carbocycles. The van der Waals surface area contributed by atoms with Crippen LogP contribution in [0.25, 0.3) is 0 Å². The van der Waals surface area contributed by atoms with E-state index in [1.54, 1.807) is 19.2 Å². The highest BCUT2D eigenvalue weighted by Crippen LogP contribution is 2.40. The minimum absolute atomic E-state index is 0.104. The highest BCUT2D eigenvalue weighted by Gasteiger charge is 2.35. The molecule has 0 fully saturated rings. The van der Waals surface area contributed by atoms with Crippen LogP contribution in [0.2, 0.25) is 5.02 Å². The molecule has 0 saturated carbocycles. The van der Waals surface area contributed by atoms with E-state index < -0.39 is 11.4 Å². The maximum atomic E-state index is 15.3. The summed E-state index contributed by atoms with van der Waals surface area (Å²) in [6, 6.07) is 9.22. The molecule has 6 atom stereocenters. The van der Waals surface area contributed by atoms with Gasteiger partial charge in [-0.25, -0.2) is 4.39 Å². The quantitative estimate of drug-likeness (QED) is 0.190. The van der Waals surface area contributed by atoms with Gasteiger partial charge in [0.15, 0.2) is 0 Å². The van der Waals surface area contributed by atoms with E-state index in [9.17, 15) is 9.35 Å². The second-order valence-electron chi connectivity index (χ2n) is 12.7. The number of hydrogen-bond acceptors (Lipinski definition) is 6. The van der Waals surface area contributed by atoms with Crippen molar-refractivity contribution in [1.82, 2.24) is 10.0 Å². The van der Waals surface area contributed by atoms with E-state index in [0.717, 1.165) is 56.4 Å². The molecule has 0 saturated heterocycles. The van der Waals surface area contributed by atoms with Crippen molar-refractivity contribution in [2.24, 2.45) is 11.8 Å². The Morgan fingerprint density at radius 2 is 2.07 bits per heavy atom. The van der Waals surface area contributed by atoms with Crippen molar-refractivity contribution in [3.05, 3.63) is 69.5 Å². The van der Waals surface area contributed by atoms with Crippen LogP contribution in [0.5, 0.6) is 5.75 Å². The van der Waals surface area contributed by atoms with E-state index in [0.29, 0.717) is 54.9 Å². The Morgan fingerprint density at radius 1 is 1.27 bits per heavy atom. The van der Waals surface area contributed by atoms with Crippen LogP contribution in [0.15, 0.2) is 42.0 Å². The average molecular weight is 660 g/mol. The Bertz CT molecular complexity index is 1380. The first kappa shape index (κ1) is 34.0. The molecular weight excluding hydrogens is 613 g/mol. The second kappa shape index (κ2) is 15.5. The fourth-order valence-corrected chi connectivity index (χ4v) is 8.19. The number of fused-ring (bicyclic) bond motifs is 7. The summed E-state index contributed by atoms with van der Waals surface area (Å²) in [5.74, 6) is 0.583. The third-order valence-electron chi connectivity index (χ3n) is 9.59. The smallest absolute Gasteiger partial charge is 0.292 e. The molecule has 5 unspecified atom stereocenters. The van der Waals surface area contributed by atoms with Crippen molar-refractivity contribution >= 4 is 34.6 Å². The molecular formula is C35H47ClFN3O4S. The largest absolute Gasteiger partial charge is 0.593 e. The van der Waals surface area contributed by atoms with Crippen LogP contribution in [-0.4, -0.2) is 61.7 Å². The number of ether oxygens (including phenoxy) is 2. The molecule has 45 heavy (non-hydrogen) atoms. The molecule has 4 aliphatic rings. The monoisotopic (exact) mass is 659 g/mol. The molecule has 1 aliphatic carbocycles. The van der Waals surface area contributed by atoms with Crippen molar-refractivity contribution in [3.63, 3.8) is 0 Å². The minimum atomic E-state index is -1.51. The van der Waals surface area contributed by atoms with Crippen LogP contribution < -0.4 is 19.7 Å². The van der Waals surface area contributed by atoms with Crippen molar-refractivity contribution in [1.29, 1.82) is 0 Å². The van der Waals surface area contributed by atoms with Crippen molar-refractivity contribution in [2.45, 2.75) is 76.5 Å². The maximum absolute atomic E-state index is 15.3. The standard InChI is InChI=1S/C35H47ClFN3O4S/c1-5-7-29-28(9-10-30(36)33(29)37)27-20-40-14-12-24(6-2)34(38-13-15-43-4)26-17-23(18-26)16-22(3)45(42)39-35(41)25-8-11-32(44-21-27)31(40)19-25/h8-11,17,19,22-24,27,34,38H,5-7,12-16,18,20-21H2,1-4H3,(H,39,41)/t22?,23-,24?,27?,34?,45?/m0/s1. The Hall–Kier alpha value is -2.30. The van der Waals surface area contributed by atoms with Gasteiger partial charge in [-0.3, -0.25) is 4.79 Å². The number of rotatable bonds is 8. The summed E-state index contributed by atoms with van der Waals surface area (Å²) in [6.45, 7) is 9.33. The Kier molecular flexibility index (Phi) is 11.7. The van der Waals surface area contributed by atoms with Crippen LogP contribution >= 0.6 is 11.6 Å². The van der Waals surface area contributed by atoms with Gasteiger partial charge in [0, 0.05) is 50.7 Å². The molecule has 0 aromatic heterocycles. The fraction of sp³-hybridized carbons (Fsp3) is 0.571. The molecule has 2 N–H and O–H groups in total. The van der Waals surface area contributed by atoms with Crippen LogP contribution in [0.3, 0.4) is 0 Å². The Morgan fingerprint density at radius 3 is 2.80 bits per heavy atom. The summed E-state index contributed by atoms with van der Waals surface area (Å²) in [7, 11) is 1.72. The number of amides is 1. The SMILES string of the molecule is CCCc1c(C2COc3ccc4cc3N(CCC(CC)C(NCCOC)C3=C[C@@H](C3)CC(C)[S+]([O-])NC4=O)C2)ccc(Cl)c1F. The van der Waals surface area contributed by atoms with Gasteiger partial charge in [0.25, 0.3) is 5.91 Å². The van der Waals surface area contributed by atoms with Crippen LogP contribution in [-0.2, 0) is 22.5 Å². The maximum Gasteiger partial charge on any atom is 0.292 e. The Balaban J connectivity index is 1.52. The fourth-order valence-electron chi connectivity index (χ4n) is 7.09. The van der Waals surface area contributed by atoms with E-state index in [-0.39, 0.29) is 34.0 Å². The number of hydrogen-bond donors (Lipinski definition) is 2. The number of methoxy groups -OCH3 is 1. The van der Waals surface area contributed by atoms with Gasteiger partial charge in [0.2, 0.25) is 0 Å². The molecule has 4 bridgehead atoms. The van der Waals surface area contributed by atoms with Gasteiger partial charge in [-0.1, -0.05) is 56.0 Å². The molecule has 10 heteroatoms. The lowest BCUT2D eigenvalue weighted by Crippen LogP contribution is -2.44. The van der Waals surface area contributed by atoms with Gasteiger partial charge in [-0.15, -0.1) is 0 Å². The summed E-state index contributed by atoms with van der Waals surface area (Å²) in [6.07, 6.45) is 7.37. The first-order chi connectivity index (χ1) is 21.7. The Labute approximate surface area is 275 Å². The predicted molar refractivity (Wildman–Crippen MR) is 180 cm³/mol. The van der Waals surface area contributed by atoms with E-state index in [2.05, 4.69) is 27.9 Å². The van der Waals surface area contributed by atoms with E-state index in [1.807, 2.05) is 32.0 Å². The van der Waals surface area contributed by atoms with Gasteiger partial charge in [-0.05, 0) is 73.4 Å². The van der Waals surface area contributed by atoms with Crippen molar-refractivity contribution in [2.75, 3.05) is 44.9 Å². The van der Waals surface area contributed by atoms with Gasteiger partial charge >= 0.3 is 0 Å². The third-order valence-corrected chi connectivity index (χ3v) is 11.2. The lowest BCUT2D eigenvalue weighted by atomic mass is 9.75. The molecule has 2 aromatic rings. The van der Waals surface area contributed by atoms with Crippen LogP contribution in [0, 0.1) is 17.7 Å². The molecule has 7 nitrogen and oxygen atoms in total. The van der Waals surface area contributed by atoms with Crippen LogP contribution in [0.4, 0.5) is 10.1 Å². The molecule has 3 aliphatic heterocycles. The van der Waals surface area contributed by atoms with Crippen LogP contribution in [0.1, 0.15) is 80.3 Å². The average Bonchev–Trinajstić information content (AvgIpc) is 3.19. The van der Waals surface area contributed by atoms with E-state index >= 15 is 4.39 Å². The van der Waals surface area contributed by atoms with Gasteiger partial charge in [0.05, 0.1) is 35.3 Å². The third kappa shape index (κ3) is 7.82. The summed E-state index contributed by atoms with van der Waals surface area (Å²) in [4.78, 5) is 15.6. The molecule has 0 spiro atoms. The van der Waals surface area contributed by atoms with Crippen molar-refractivity contribution < 1.29 is 23.2 Å². The number of carbonyl (C=O) groups is 1. The molecule has 0 radical (unpaired) electrons. The first-order valence-electron chi connectivity index (χ1n) is 16.4. The summed E-state index contributed by atoms with van der Waals surface area (Å²) in [5, 5.41) is 3.74. The lowest BCUT2D eigenvalue weighted by molar-refractivity contribution is 0.0980. The summed E-state index contributed by atoms with van der Waals surface area (Å²) in [5.41, 5.74) is 4.23. The molecule has 1 amide bonds. The number of halogens is 2. The second-order valence-corrected chi connectivity index (χ2v) is 14.7. The first-order valence-corrected chi connectivity index (χ1v) is 18.0. The number of benzene rings is 2. The number of carbonyl (C=O) groups excluding carboxylic acids is 1. The molecule has 3 heterocycles. The summed E-state index contributed by atoms with van der Waals surface area (Å²) >= 11 is 4.71. The highest BCUT2D eigenvalue weighted by atomic mass is 35.5. The zero-order valence-corrected chi connectivity index (χ0v) is 28.4. The summed E-state index contributed by atoms with van der Waals surface area (Å²) < 4.78 is 43.0. The normalized spacial score (nSPS) is 27.1. The van der Waals surface area contributed by atoms with Gasteiger partial charge in [0.1, 0.15) is 16.8 Å². The highest BCUT2D eigenvalue weighted by molar-refractivity contribution is 7.90. The van der Waals surface area contributed by atoms with Crippen molar-refractivity contribution in [3.8, 4) is 5.75 Å². The predicted octanol–water partition coefficient (Wildman–Crippen LogP) is 6.57. The minimum Gasteiger partial charge on any atom is -0.593 e. The molecule has 246 valence electrons. The number of allylic oxidation sites excluding steroid dienone is 1. The van der Waals surface area contributed by atoms with E-state index in [4.69, 9.17) is 21.1 Å². The van der Waals surface area contributed by atoms with Gasteiger partial charge in [-0.2, -0.15) is 4.72 Å². The number of nitrogens with one attached hydrogen (secondary N) is 2. The lowest BCUT2D eigenvalue weighted by Gasteiger charge is -2.38. The molecule has 6 rings (SSSR count).